The molecule has 0 N–H and O–H groups in total. The lowest BCUT2D eigenvalue weighted by molar-refractivity contribution is 1.07. The molecule has 10 nitrogen and oxygen atoms in total. The van der Waals surface area contributed by atoms with Crippen molar-refractivity contribution in [2.24, 2.45) is 0 Å². The molecule has 20 aromatic rings. The van der Waals surface area contributed by atoms with Crippen LogP contribution in [0.15, 0.2) is 437 Å². The van der Waals surface area contributed by atoms with Crippen molar-refractivity contribution in [1.82, 2.24) is 49.8 Å². The predicted octanol–water partition coefficient (Wildman–Crippen LogP) is 26.8. The van der Waals surface area contributed by atoms with E-state index in [-0.39, 0.29) is 0 Å². The summed E-state index contributed by atoms with van der Waals surface area (Å²) in [4.78, 5) is 50.4. The first-order chi connectivity index (χ1) is 58.4. The molecule has 0 atom stereocenters. The van der Waals surface area contributed by atoms with Crippen LogP contribution in [0, 0.1) is 0 Å². The molecule has 0 spiro atoms. The van der Waals surface area contributed by atoms with E-state index in [9.17, 15) is 0 Å². The average molecular weight is 1510 g/mol. The first-order valence-corrected chi connectivity index (χ1v) is 39.3. The van der Waals surface area contributed by atoms with Gasteiger partial charge < -0.3 is 0 Å². The second-order valence-corrected chi connectivity index (χ2v) is 28.7. The molecular weight excluding hydrogens is 1440 g/mol. The van der Waals surface area contributed by atoms with Crippen LogP contribution in [0.2, 0.25) is 0 Å². The van der Waals surface area contributed by atoms with E-state index in [1.807, 2.05) is 146 Å². The van der Waals surface area contributed by atoms with E-state index >= 15 is 0 Å². The van der Waals surface area contributed by atoms with E-state index < -0.39 is 0 Å². The first kappa shape index (κ1) is 72.2. The van der Waals surface area contributed by atoms with Crippen LogP contribution in [0.4, 0.5) is 0 Å². The van der Waals surface area contributed by atoms with E-state index in [2.05, 4.69) is 291 Å². The summed E-state index contributed by atoms with van der Waals surface area (Å²) in [6.07, 6.45) is 0. The molecule has 0 aliphatic rings. The molecule has 20 rings (SSSR count). The zero-order valence-corrected chi connectivity index (χ0v) is 64.0. The molecule has 10 heteroatoms. The maximum Gasteiger partial charge on any atom is 0.164 e. The van der Waals surface area contributed by atoms with E-state index in [1.54, 1.807) is 0 Å². The zero-order valence-electron chi connectivity index (χ0n) is 64.0. The second-order valence-electron chi connectivity index (χ2n) is 28.7. The van der Waals surface area contributed by atoms with Gasteiger partial charge in [-0.05, 0) is 121 Å². The highest BCUT2D eigenvalue weighted by Crippen LogP contribution is 2.39. The van der Waals surface area contributed by atoms with Crippen molar-refractivity contribution in [3.05, 3.63) is 437 Å². The summed E-state index contributed by atoms with van der Waals surface area (Å²) in [5.74, 6) is 5.11. The molecule has 4 aromatic heterocycles. The van der Waals surface area contributed by atoms with Gasteiger partial charge in [0.2, 0.25) is 0 Å². The highest BCUT2D eigenvalue weighted by Gasteiger charge is 2.20. The number of hydrogen-bond donors (Lipinski definition) is 0. The number of hydrogen-bond acceptors (Lipinski definition) is 10. The number of nitrogens with zero attached hydrogens (tertiary/aromatic N) is 10. The summed E-state index contributed by atoms with van der Waals surface area (Å²) in [5, 5.41) is 2.38. The van der Waals surface area contributed by atoms with Gasteiger partial charge in [0.05, 0.1) is 22.8 Å². The van der Waals surface area contributed by atoms with E-state index in [1.165, 1.54) is 10.8 Å². The van der Waals surface area contributed by atoms with Crippen molar-refractivity contribution in [2.45, 2.75) is 0 Å². The average Bonchev–Trinajstić information content (AvgIpc) is 0.783. The Balaban J connectivity index is 0.000000161. The highest BCUT2D eigenvalue weighted by atomic mass is 15.0. The maximum atomic E-state index is 5.18. The normalized spacial score (nSPS) is 11.1. The Bertz CT molecular complexity index is 6810. The molecular formula is C108H72N10. The Labute approximate surface area is 684 Å². The third-order valence-corrected chi connectivity index (χ3v) is 20.9. The van der Waals surface area contributed by atoms with Crippen LogP contribution in [-0.2, 0) is 0 Å². The standard InChI is InChI=1S/C61H41N5.C47H31N5/c1-6-18-42(19-7-1)49-28-16-30-51(36-49)56-41-57(63-58(62-56)46-24-12-4-13-25-46)52-31-17-29-50(37-52)45-32-34-48(35-33-45)60-64-59(47-26-14-5-15-27-47)65-61(66-60)55-39-53(43-20-8-2-9-21-43)38-54(40-55)44-22-10-3-11-23-44;1-4-14-35(15-5-1)44-48-42(31-43(49-44)40-28-25-32-13-10-11-20-38(32)29-40)34-26-23-33(24-27-34)39-21-12-22-41(30-39)47-51-45(36-16-6-2-7-17-36)50-46(52-47)37-18-8-3-9-19-37/h1-41H;1-31H. The molecule has 0 saturated carbocycles. The molecule has 16 aromatic carbocycles. The molecule has 0 aliphatic heterocycles. The Hall–Kier alpha value is -16.0. The Kier molecular flexibility index (Phi) is 20.4. The van der Waals surface area contributed by atoms with E-state index in [0.29, 0.717) is 46.6 Å². The molecule has 554 valence electrons. The fraction of sp³-hybridized carbons (Fsp3) is 0. The number of aromatic nitrogens is 10. The van der Waals surface area contributed by atoms with Gasteiger partial charge in [-0.1, -0.05) is 382 Å². The summed E-state index contributed by atoms with van der Waals surface area (Å²) >= 11 is 0. The topological polar surface area (TPSA) is 129 Å². The van der Waals surface area contributed by atoms with Gasteiger partial charge in [0.1, 0.15) is 0 Å². The quantitative estimate of drug-likeness (QED) is 0.0869. The molecule has 118 heavy (non-hydrogen) atoms. The SMILES string of the molecule is c1ccc(-c2cccc(-c3cc(-c4cccc(-c5ccc(-c6nc(-c7ccccc7)nc(-c7cc(-c8ccccc8)cc(-c8ccccc8)c7)n6)cc5)c4)nc(-c4ccccc4)n3)c2)cc1.c1ccc(-c2nc(-c3ccc(-c4cccc(-c5nc(-c6ccccc6)nc(-c6ccccc6)n5)c4)cc3)cc(-c3ccc4ccccc4c3)n2)cc1. The lowest BCUT2D eigenvalue weighted by Crippen LogP contribution is -2.00. The summed E-state index contributed by atoms with van der Waals surface area (Å²) in [6.45, 7) is 0. The fourth-order valence-corrected chi connectivity index (χ4v) is 14.7. The van der Waals surface area contributed by atoms with Gasteiger partial charge >= 0.3 is 0 Å². The molecule has 0 saturated heterocycles. The summed E-state index contributed by atoms with van der Waals surface area (Å²) in [5.41, 5.74) is 26.0. The van der Waals surface area contributed by atoms with Crippen LogP contribution >= 0.6 is 0 Å². The molecule has 0 unspecified atom stereocenters. The molecule has 0 radical (unpaired) electrons. The first-order valence-electron chi connectivity index (χ1n) is 39.3. The van der Waals surface area contributed by atoms with Crippen molar-refractivity contribution in [1.29, 1.82) is 0 Å². The number of fused-ring (bicyclic) bond motifs is 1. The second kappa shape index (κ2) is 33.3. The summed E-state index contributed by atoms with van der Waals surface area (Å²) in [6, 6.07) is 150. The fourth-order valence-electron chi connectivity index (χ4n) is 14.7. The monoisotopic (exact) mass is 1510 g/mol. The van der Waals surface area contributed by atoms with Crippen molar-refractivity contribution >= 4 is 10.8 Å². The molecule has 4 heterocycles. The molecule has 0 amide bonds. The molecule has 0 aliphatic carbocycles. The maximum absolute atomic E-state index is 5.18. The van der Waals surface area contributed by atoms with E-state index in [0.717, 1.165) is 145 Å². The summed E-state index contributed by atoms with van der Waals surface area (Å²) < 4.78 is 0. The van der Waals surface area contributed by atoms with Crippen molar-refractivity contribution in [2.75, 3.05) is 0 Å². The van der Waals surface area contributed by atoms with Crippen LogP contribution < -0.4 is 0 Å². The lowest BCUT2D eigenvalue weighted by atomic mass is 9.96. The minimum absolute atomic E-state index is 0.601. The van der Waals surface area contributed by atoms with Gasteiger partial charge in [0.25, 0.3) is 0 Å². The molecule has 0 fully saturated rings. The Morgan fingerprint density at radius 1 is 0.0932 bits per heavy atom. The predicted molar refractivity (Wildman–Crippen MR) is 481 cm³/mol. The van der Waals surface area contributed by atoms with Crippen molar-refractivity contribution in [3.63, 3.8) is 0 Å². The van der Waals surface area contributed by atoms with Crippen molar-refractivity contribution < 1.29 is 0 Å². The van der Waals surface area contributed by atoms with Crippen molar-refractivity contribution in [3.8, 4) is 192 Å². The molecule has 0 bridgehead atoms. The number of rotatable bonds is 17. The van der Waals surface area contributed by atoms with Gasteiger partial charge in [-0.2, -0.15) is 0 Å². The van der Waals surface area contributed by atoms with Gasteiger partial charge in [-0.3, -0.25) is 0 Å². The van der Waals surface area contributed by atoms with Crippen LogP contribution in [0.5, 0.6) is 0 Å². The van der Waals surface area contributed by atoms with Crippen LogP contribution in [0.1, 0.15) is 0 Å². The largest absolute Gasteiger partial charge is 0.228 e. The third kappa shape index (κ3) is 16.2. The zero-order chi connectivity index (χ0) is 78.8. The van der Waals surface area contributed by atoms with Crippen LogP contribution in [-0.4, -0.2) is 49.8 Å². The van der Waals surface area contributed by atoms with Gasteiger partial charge in [-0.25, -0.2) is 49.8 Å². The third-order valence-electron chi connectivity index (χ3n) is 20.9. The van der Waals surface area contributed by atoms with Gasteiger partial charge in [-0.15, -0.1) is 0 Å². The van der Waals surface area contributed by atoms with Gasteiger partial charge in [0, 0.05) is 66.8 Å². The highest BCUT2D eigenvalue weighted by molar-refractivity contribution is 5.89. The van der Waals surface area contributed by atoms with Crippen LogP contribution in [0.3, 0.4) is 0 Å². The minimum Gasteiger partial charge on any atom is -0.228 e. The Morgan fingerprint density at radius 2 is 0.297 bits per heavy atom. The summed E-state index contributed by atoms with van der Waals surface area (Å²) in [7, 11) is 0. The number of benzene rings is 16. The van der Waals surface area contributed by atoms with Gasteiger partial charge in [0.15, 0.2) is 46.6 Å². The smallest absolute Gasteiger partial charge is 0.164 e. The minimum atomic E-state index is 0.601. The lowest BCUT2D eigenvalue weighted by Gasteiger charge is -2.13. The Morgan fingerprint density at radius 3 is 0.669 bits per heavy atom. The van der Waals surface area contributed by atoms with E-state index in [4.69, 9.17) is 49.8 Å². The van der Waals surface area contributed by atoms with Crippen LogP contribution in [0.25, 0.3) is 203 Å².